The highest BCUT2D eigenvalue weighted by Gasteiger charge is 2.06. The summed E-state index contributed by atoms with van der Waals surface area (Å²) in [6, 6.07) is 16.9. The second-order valence-electron chi connectivity index (χ2n) is 4.64. The first-order chi connectivity index (χ1) is 8.16. The minimum Gasteiger partial charge on any atom is -0.324 e. The molecule has 0 amide bonds. The normalized spacial score (nSPS) is 12.4. The van der Waals surface area contributed by atoms with Gasteiger partial charge in [0.1, 0.15) is 0 Å². The Morgan fingerprint density at radius 1 is 0.941 bits per heavy atom. The Bertz CT molecular complexity index is 488. The lowest BCUT2D eigenvalue weighted by Gasteiger charge is -2.13. The maximum absolute atomic E-state index is 6.22. The molecule has 0 fully saturated rings. The zero-order valence-electron chi connectivity index (χ0n) is 10.5. The SMILES string of the molecule is Cc1ccc(CC(N)c2ccccc2)cc1C. The predicted molar refractivity (Wildman–Crippen MR) is 73.0 cm³/mol. The zero-order valence-corrected chi connectivity index (χ0v) is 10.5. The van der Waals surface area contributed by atoms with Crippen LogP contribution >= 0.6 is 0 Å². The molecule has 1 unspecified atom stereocenters. The van der Waals surface area contributed by atoms with Gasteiger partial charge in [-0.3, -0.25) is 0 Å². The van der Waals surface area contributed by atoms with Gasteiger partial charge in [0, 0.05) is 6.04 Å². The Labute approximate surface area is 103 Å². The number of hydrogen-bond donors (Lipinski definition) is 1. The first kappa shape index (κ1) is 11.9. The second kappa shape index (κ2) is 5.15. The molecule has 2 aromatic carbocycles. The van der Waals surface area contributed by atoms with Crippen LogP contribution in [0.2, 0.25) is 0 Å². The molecule has 0 aliphatic rings. The lowest BCUT2D eigenvalue weighted by atomic mass is 9.97. The molecule has 88 valence electrons. The third-order valence-corrected chi connectivity index (χ3v) is 3.25. The molecule has 0 aliphatic carbocycles. The fraction of sp³-hybridized carbons (Fsp3) is 0.250. The van der Waals surface area contributed by atoms with Gasteiger partial charge in [0.15, 0.2) is 0 Å². The highest BCUT2D eigenvalue weighted by molar-refractivity contribution is 5.31. The van der Waals surface area contributed by atoms with Crippen LogP contribution in [0, 0.1) is 13.8 Å². The van der Waals surface area contributed by atoms with E-state index in [1.165, 1.54) is 22.3 Å². The number of nitrogens with two attached hydrogens (primary N) is 1. The van der Waals surface area contributed by atoms with Crippen LogP contribution in [0.15, 0.2) is 48.5 Å². The number of aryl methyl sites for hydroxylation is 2. The van der Waals surface area contributed by atoms with E-state index in [2.05, 4.69) is 44.2 Å². The summed E-state index contributed by atoms with van der Waals surface area (Å²) in [5.41, 5.74) is 11.4. The highest BCUT2D eigenvalue weighted by Crippen LogP contribution is 2.17. The van der Waals surface area contributed by atoms with Crippen LogP contribution in [-0.2, 0) is 6.42 Å². The van der Waals surface area contributed by atoms with Crippen LogP contribution in [0.25, 0.3) is 0 Å². The molecule has 0 spiro atoms. The molecule has 0 aromatic heterocycles. The molecule has 2 rings (SSSR count). The molecule has 1 heteroatoms. The molecule has 2 aromatic rings. The summed E-state index contributed by atoms with van der Waals surface area (Å²) < 4.78 is 0. The van der Waals surface area contributed by atoms with Gasteiger partial charge < -0.3 is 5.73 Å². The van der Waals surface area contributed by atoms with Gasteiger partial charge >= 0.3 is 0 Å². The Morgan fingerprint density at radius 3 is 2.29 bits per heavy atom. The Morgan fingerprint density at radius 2 is 1.65 bits per heavy atom. The van der Waals surface area contributed by atoms with Crippen LogP contribution in [-0.4, -0.2) is 0 Å². The van der Waals surface area contributed by atoms with Crippen LogP contribution in [0.3, 0.4) is 0 Å². The fourth-order valence-corrected chi connectivity index (χ4v) is 2.00. The molecule has 1 nitrogen and oxygen atoms in total. The third-order valence-electron chi connectivity index (χ3n) is 3.25. The number of hydrogen-bond acceptors (Lipinski definition) is 1. The van der Waals surface area contributed by atoms with E-state index in [-0.39, 0.29) is 6.04 Å². The standard InChI is InChI=1S/C16H19N/c1-12-8-9-14(10-13(12)2)11-16(17)15-6-4-3-5-7-15/h3-10,16H,11,17H2,1-2H3. The molecule has 0 saturated carbocycles. The van der Waals surface area contributed by atoms with Crippen molar-refractivity contribution in [2.24, 2.45) is 5.73 Å². The lowest BCUT2D eigenvalue weighted by Crippen LogP contribution is -2.13. The molecule has 0 heterocycles. The fourth-order valence-electron chi connectivity index (χ4n) is 2.00. The van der Waals surface area contributed by atoms with E-state index >= 15 is 0 Å². The van der Waals surface area contributed by atoms with E-state index in [0.29, 0.717) is 0 Å². The third kappa shape index (κ3) is 2.95. The van der Waals surface area contributed by atoms with Gasteiger partial charge in [-0.25, -0.2) is 0 Å². The van der Waals surface area contributed by atoms with E-state index in [1.807, 2.05) is 18.2 Å². The number of benzene rings is 2. The highest BCUT2D eigenvalue weighted by atomic mass is 14.6. The zero-order chi connectivity index (χ0) is 12.3. The number of rotatable bonds is 3. The van der Waals surface area contributed by atoms with E-state index in [0.717, 1.165) is 6.42 Å². The van der Waals surface area contributed by atoms with Crippen molar-refractivity contribution in [3.8, 4) is 0 Å². The van der Waals surface area contributed by atoms with Crippen molar-refractivity contribution in [2.75, 3.05) is 0 Å². The minimum atomic E-state index is 0.0818. The van der Waals surface area contributed by atoms with Gasteiger partial charge in [-0.15, -0.1) is 0 Å². The monoisotopic (exact) mass is 225 g/mol. The smallest absolute Gasteiger partial charge is 0.0335 e. The van der Waals surface area contributed by atoms with E-state index in [9.17, 15) is 0 Å². The van der Waals surface area contributed by atoms with Gasteiger partial charge in [-0.1, -0.05) is 48.5 Å². The quantitative estimate of drug-likeness (QED) is 0.849. The molecule has 0 radical (unpaired) electrons. The van der Waals surface area contributed by atoms with Gasteiger partial charge in [-0.2, -0.15) is 0 Å². The molecule has 17 heavy (non-hydrogen) atoms. The molecular weight excluding hydrogens is 206 g/mol. The van der Waals surface area contributed by atoms with Gasteiger partial charge in [0.25, 0.3) is 0 Å². The average Bonchev–Trinajstić information content (AvgIpc) is 2.35. The van der Waals surface area contributed by atoms with Crippen molar-refractivity contribution < 1.29 is 0 Å². The van der Waals surface area contributed by atoms with E-state index in [4.69, 9.17) is 5.73 Å². The Balaban J connectivity index is 2.13. The van der Waals surface area contributed by atoms with Gasteiger partial charge in [0.05, 0.1) is 0 Å². The molecule has 2 N–H and O–H groups in total. The summed E-state index contributed by atoms with van der Waals surface area (Å²) in [5.74, 6) is 0. The first-order valence-electron chi connectivity index (χ1n) is 6.03. The molecular formula is C16H19N. The van der Waals surface area contributed by atoms with Crippen molar-refractivity contribution in [3.05, 3.63) is 70.8 Å². The van der Waals surface area contributed by atoms with Crippen LogP contribution in [0.1, 0.15) is 28.3 Å². The van der Waals surface area contributed by atoms with Crippen molar-refractivity contribution in [3.63, 3.8) is 0 Å². The second-order valence-corrected chi connectivity index (χ2v) is 4.64. The van der Waals surface area contributed by atoms with Gasteiger partial charge in [-0.05, 0) is 42.5 Å². The predicted octanol–water partition coefficient (Wildman–Crippen LogP) is 3.55. The van der Waals surface area contributed by atoms with Gasteiger partial charge in [0.2, 0.25) is 0 Å². The Kier molecular flexibility index (Phi) is 3.60. The molecule has 0 aliphatic heterocycles. The lowest BCUT2D eigenvalue weighted by molar-refractivity contribution is 0.721. The summed E-state index contributed by atoms with van der Waals surface area (Å²) in [4.78, 5) is 0. The maximum Gasteiger partial charge on any atom is 0.0335 e. The van der Waals surface area contributed by atoms with Crippen molar-refractivity contribution >= 4 is 0 Å². The molecule has 0 bridgehead atoms. The topological polar surface area (TPSA) is 26.0 Å². The largest absolute Gasteiger partial charge is 0.324 e. The Hall–Kier alpha value is -1.60. The van der Waals surface area contributed by atoms with E-state index in [1.54, 1.807) is 0 Å². The molecule has 0 saturated heterocycles. The summed E-state index contributed by atoms with van der Waals surface area (Å²) in [7, 11) is 0. The first-order valence-corrected chi connectivity index (χ1v) is 6.03. The molecule has 1 atom stereocenters. The van der Waals surface area contributed by atoms with Crippen molar-refractivity contribution in [2.45, 2.75) is 26.3 Å². The minimum absolute atomic E-state index is 0.0818. The summed E-state index contributed by atoms with van der Waals surface area (Å²) >= 11 is 0. The van der Waals surface area contributed by atoms with Crippen LogP contribution in [0.4, 0.5) is 0 Å². The van der Waals surface area contributed by atoms with E-state index < -0.39 is 0 Å². The van der Waals surface area contributed by atoms with Crippen molar-refractivity contribution in [1.29, 1.82) is 0 Å². The average molecular weight is 225 g/mol. The summed E-state index contributed by atoms with van der Waals surface area (Å²) in [6.07, 6.45) is 0.894. The maximum atomic E-state index is 6.22. The summed E-state index contributed by atoms with van der Waals surface area (Å²) in [5, 5.41) is 0. The summed E-state index contributed by atoms with van der Waals surface area (Å²) in [6.45, 7) is 4.28. The van der Waals surface area contributed by atoms with Crippen LogP contribution in [0.5, 0.6) is 0 Å². The van der Waals surface area contributed by atoms with Crippen LogP contribution < -0.4 is 5.73 Å². The van der Waals surface area contributed by atoms with Crippen molar-refractivity contribution in [1.82, 2.24) is 0 Å².